The van der Waals surface area contributed by atoms with Crippen LogP contribution in [0.4, 0.5) is 0 Å². The van der Waals surface area contributed by atoms with Gasteiger partial charge in [0, 0.05) is 29.8 Å². The summed E-state index contributed by atoms with van der Waals surface area (Å²) in [4.78, 5) is 11.9. The molecule has 22 heavy (non-hydrogen) atoms. The predicted octanol–water partition coefficient (Wildman–Crippen LogP) is 2.12. The van der Waals surface area contributed by atoms with Gasteiger partial charge in [0.05, 0.1) is 13.2 Å². The Kier molecular flexibility index (Phi) is 6.39. The molecular weight excluding hydrogens is 308 g/mol. The molecule has 0 bridgehead atoms. The molecule has 0 saturated carbocycles. The molecule has 0 aliphatic rings. The Balaban J connectivity index is 1.83. The molecule has 0 aliphatic heterocycles. The number of rotatable bonds is 8. The molecule has 2 aromatic rings. The van der Waals surface area contributed by atoms with Gasteiger partial charge < -0.3 is 19.7 Å². The Morgan fingerprint density at radius 3 is 2.82 bits per heavy atom. The number of nitrogens with zero attached hydrogens (tertiary/aromatic N) is 1. The van der Waals surface area contributed by atoms with Gasteiger partial charge in [-0.2, -0.15) is 0 Å². The summed E-state index contributed by atoms with van der Waals surface area (Å²) in [6, 6.07) is 8.66. The first-order valence-corrected chi connectivity index (χ1v) is 7.28. The third-order valence-corrected chi connectivity index (χ3v) is 3.11. The molecule has 0 radical (unpaired) electrons. The number of carbonyl (C=O) groups excluding carboxylic acids is 1. The van der Waals surface area contributed by atoms with Crippen molar-refractivity contribution in [3.8, 4) is 11.3 Å². The van der Waals surface area contributed by atoms with Crippen LogP contribution in [0.3, 0.4) is 0 Å². The fourth-order valence-electron chi connectivity index (χ4n) is 1.77. The van der Waals surface area contributed by atoms with Gasteiger partial charge in [0.25, 0.3) is 5.91 Å². The minimum Gasteiger partial charge on any atom is -0.394 e. The van der Waals surface area contributed by atoms with Crippen molar-refractivity contribution in [3.05, 3.63) is 41.0 Å². The van der Waals surface area contributed by atoms with Crippen molar-refractivity contribution in [2.75, 3.05) is 26.4 Å². The number of aliphatic hydroxyl groups is 1. The van der Waals surface area contributed by atoms with Crippen molar-refractivity contribution in [1.29, 1.82) is 0 Å². The molecule has 7 heteroatoms. The summed E-state index contributed by atoms with van der Waals surface area (Å²) in [7, 11) is 0. The Morgan fingerprint density at radius 1 is 1.32 bits per heavy atom. The van der Waals surface area contributed by atoms with Crippen molar-refractivity contribution in [3.63, 3.8) is 0 Å². The molecule has 2 rings (SSSR count). The van der Waals surface area contributed by atoms with E-state index in [0.717, 1.165) is 5.56 Å². The van der Waals surface area contributed by atoms with E-state index in [1.54, 1.807) is 30.3 Å². The normalized spacial score (nSPS) is 10.6. The Bertz CT molecular complexity index is 598. The largest absolute Gasteiger partial charge is 0.394 e. The van der Waals surface area contributed by atoms with E-state index in [-0.39, 0.29) is 18.2 Å². The van der Waals surface area contributed by atoms with Crippen LogP contribution in [0.1, 0.15) is 16.9 Å². The van der Waals surface area contributed by atoms with Gasteiger partial charge in [-0.25, -0.2) is 0 Å². The average Bonchev–Trinajstić information content (AvgIpc) is 3.01. The molecule has 0 unspecified atom stereocenters. The summed E-state index contributed by atoms with van der Waals surface area (Å²) < 4.78 is 10.3. The topological polar surface area (TPSA) is 84.6 Å². The second-order valence-corrected chi connectivity index (χ2v) is 4.97. The number of amides is 1. The second kappa shape index (κ2) is 8.53. The highest BCUT2D eigenvalue weighted by molar-refractivity contribution is 6.30. The quantitative estimate of drug-likeness (QED) is 0.727. The Labute approximate surface area is 133 Å². The van der Waals surface area contributed by atoms with Crippen LogP contribution in [0.5, 0.6) is 0 Å². The average molecular weight is 325 g/mol. The monoisotopic (exact) mass is 324 g/mol. The summed E-state index contributed by atoms with van der Waals surface area (Å²) in [5, 5.41) is 15.7. The Morgan fingerprint density at radius 2 is 2.09 bits per heavy atom. The van der Waals surface area contributed by atoms with Crippen molar-refractivity contribution in [1.82, 2.24) is 10.5 Å². The Hall–Kier alpha value is -1.89. The van der Waals surface area contributed by atoms with Gasteiger partial charge in [0.2, 0.25) is 0 Å². The molecule has 0 fully saturated rings. The van der Waals surface area contributed by atoms with Crippen LogP contribution in [0.2, 0.25) is 5.02 Å². The van der Waals surface area contributed by atoms with Crippen LogP contribution in [-0.2, 0) is 4.74 Å². The maximum atomic E-state index is 11.9. The van der Waals surface area contributed by atoms with Gasteiger partial charge in [-0.05, 0) is 30.7 Å². The lowest BCUT2D eigenvalue weighted by Gasteiger charge is -2.03. The third-order valence-electron chi connectivity index (χ3n) is 2.86. The molecule has 0 saturated heterocycles. The number of nitrogens with one attached hydrogen (secondary N) is 1. The highest BCUT2D eigenvalue weighted by Crippen LogP contribution is 2.22. The molecule has 2 N–H and O–H groups in total. The molecule has 0 aliphatic carbocycles. The minimum atomic E-state index is -0.300. The maximum Gasteiger partial charge on any atom is 0.273 e. The summed E-state index contributed by atoms with van der Waals surface area (Å²) in [6.45, 7) is 1.25. The predicted molar refractivity (Wildman–Crippen MR) is 81.8 cm³/mol. The van der Waals surface area contributed by atoms with Gasteiger partial charge in [-0.1, -0.05) is 16.8 Å². The van der Waals surface area contributed by atoms with Crippen molar-refractivity contribution in [2.45, 2.75) is 6.42 Å². The molecule has 1 amide bonds. The van der Waals surface area contributed by atoms with E-state index in [2.05, 4.69) is 10.5 Å². The second-order valence-electron chi connectivity index (χ2n) is 4.53. The summed E-state index contributed by atoms with van der Waals surface area (Å²) >= 11 is 5.82. The van der Waals surface area contributed by atoms with Crippen LogP contribution >= 0.6 is 11.6 Å². The molecular formula is C15H17ClN2O4. The number of hydrogen-bond acceptors (Lipinski definition) is 5. The zero-order valence-electron chi connectivity index (χ0n) is 11.9. The van der Waals surface area contributed by atoms with Gasteiger partial charge in [0.15, 0.2) is 11.5 Å². The van der Waals surface area contributed by atoms with Crippen molar-refractivity contribution in [2.24, 2.45) is 0 Å². The minimum absolute atomic E-state index is 0.00122. The van der Waals surface area contributed by atoms with Crippen molar-refractivity contribution < 1.29 is 19.2 Å². The lowest BCUT2D eigenvalue weighted by molar-refractivity contribution is 0.0864. The number of halogens is 1. The summed E-state index contributed by atoms with van der Waals surface area (Å²) in [5.74, 6) is 0.208. The van der Waals surface area contributed by atoms with Gasteiger partial charge in [0.1, 0.15) is 0 Å². The third kappa shape index (κ3) is 4.84. The van der Waals surface area contributed by atoms with Crippen LogP contribution in [0.15, 0.2) is 34.9 Å². The van der Waals surface area contributed by atoms with E-state index in [1.165, 1.54) is 0 Å². The highest BCUT2D eigenvalue weighted by Gasteiger charge is 2.13. The van der Waals surface area contributed by atoms with Gasteiger partial charge >= 0.3 is 0 Å². The van der Waals surface area contributed by atoms with E-state index in [1.807, 2.05) is 0 Å². The number of aliphatic hydroxyl groups excluding tert-OH is 1. The number of carbonyl (C=O) groups is 1. The fourth-order valence-corrected chi connectivity index (χ4v) is 1.89. The smallest absolute Gasteiger partial charge is 0.273 e. The maximum absolute atomic E-state index is 11.9. The zero-order valence-corrected chi connectivity index (χ0v) is 12.7. The van der Waals surface area contributed by atoms with E-state index in [0.29, 0.717) is 37.0 Å². The van der Waals surface area contributed by atoms with Crippen LogP contribution < -0.4 is 5.32 Å². The number of hydrogen-bond donors (Lipinski definition) is 2. The standard InChI is InChI=1S/C15H17ClN2O4/c16-12-4-2-11(3-5-12)14-10-13(18-22-14)15(20)17-6-1-8-21-9-7-19/h2-5,10,19H,1,6-9H2,(H,17,20). The first-order chi connectivity index (χ1) is 10.7. The lowest BCUT2D eigenvalue weighted by atomic mass is 10.1. The van der Waals surface area contributed by atoms with Crippen LogP contribution in [-0.4, -0.2) is 42.5 Å². The van der Waals surface area contributed by atoms with Crippen LogP contribution in [0.25, 0.3) is 11.3 Å². The lowest BCUT2D eigenvalue weighted by Crippen LogP contribution is -2.25. The first-order valence-electron chi connectivity index (χ1n) is 6.90. The first kappa shape index (κ1) is 16.5. The number of aromatic nitrogens is 1. The summed E-state index contributed by atoms with van der Waals surface area (Å²) in [5.41, 5.74) is 1.02. The summed E-state index contributed by atoms with van der Waals surface area (Å²) in [6.07, 6.45) is 0.660. The molecule has 0 spiro atoms. The van der Waals surface area contributed by atoms with Crippen LogP contribution in [0, 0.1) is 0 Å². The SMILES string of the molecule is O=C(NCCCOCCO)c1cc(-c2ccc(Cl)cc2)on1. The van der Waals surface area contributed by atoms with E-state index >= 15 is 0 Å². The molecule has 1 heterocycles. The molecule has 1 aromatic carbocycles. The van der Waals surface area contributed by atoms with Gasteiger partial charge in [-0.3, -0.25) is 4.79 Å². The number of ether oxygens (including phenoxy) is 1. The molecule has 0 atom stereocenters. The molecule has 1 aromatic heterocycles. The number of benzene rings is 1. The zero-order chi connectivity index (χ0) is 15.8. The van der Waals surface area contributed by atoms with Crippen molar-refractivity contribution >= 4 is 17.5 Å². The molecule has 118 valence electrons. The van der Waals surface area contributed by atoms with E-state index < -0.39 is 0 Å². The van der Waals surface area contributed by atoms with E-state index in [4.69, 9.17) is 26.0 Å². The highest BCUT2D eigenvalue weighted by atomic mass is 35.5. The molecule has 6 nitrogen and oxygen atoms in total. The fraction of sp³-hybridized carbons (Fsp3) is 0.333. The van der Waals surface area contributed by atoms with Gasteiger partial charge in [-0.15, -0.1) is 0 Å². The van der Waals surface area contributed by atoms with E-state index in [9.17, 15) is 4.79 Å².